The van der Waals surface area contributed by atoms with Crippen molar-refractivity contribution in [2.24, 2.45) is 0 Å². The standard InChI is InChI=1S/C20H19Cl2N5O4S2/c1-20(2,3)24-17(29)13-6-4-5-7-15(13)27-33(30,31)19-26-25-18(32-19)23-16(28)12-9-8-11(21)10-14(12)22/h4-10,27H,1-3H3,(H,24,29)(H,23,25,28). The van der Waals surface area contributed by atoms with Crippen LogP contribution in [0.1, 0.15) is 41.5 Å². The predicted octanol–water partition coefficient (Wildman–Crippen LogP) is 4.43. The minimum Gasteiger partial charge on any atom is -0.347 e. The lowest BCUT2D eigenvalue weighted by molar-refractivity contribution is 0.0919. The highest BCUT2D eigenvalue weighted by Crippen LogP contribution is 2.26. The fourth-order valence-corrected chi connectivity index (χ4v) is 5.04. The van der Waals surface area contributed by atoms with E-state index in [4.69, 9.17) is 23.2 Å². The van der Waals surface area contributed by atoms with Gasteiger partial charge in [-0.25, -0.2) is 0 Å². The summed E-state index contributed by atoms with van der Waals surface area (Å²) in [7, 11) is -4.19. The smallest absolute Gasteiger partial charge is 0.291 e. The van der Waals surface area contributed by atoms with Gasteiger partial charge in [0, 0.05) is 10.6 Å². The van der Waals surface area contributed by atoms with Crippen LogP contribution >= 0.6 is 34.5 Å². The summed E-state index contributed by atoms with van der Waals surface area (Å²) in [5.74, 6) is -1.04. The summed E-state index contributed by atoms with van der Waals surface area (Å²) in [6, 6.07) is 10.5. The van der Waals surface area contributed by atoms with Gasteiger partial charge in [0.05, 0.1) is 21.8 Å². The van der Waals surface area contributed by atoms with Crippen LogP contribution in [0, 0.1) is 0 Å². The topological polar surface area (TPSA) is 130 Å². The predicted molar refractivity (Wildman–Crippen MR) is 129 cm³/mol. The van der Waals surface area contributed by atoms with Gasteiger partial charge in [-0.05, 0) is 51.1 Å². The molecule has 0 atom stereocenters. The molecule has 0 spiro atoms. The zero-order valence-corrected chi connectivity index (χ0v) is 20.8. The largest absolute Gasteiger partial charge is 0.347 e. The molecule has 0 bridgehead atoms. The average molecular weight is 528 g/mol. The Labute approximate surface area is 204 Å². The summed E-state index contributed by atoms with van der Waals surface area (Å²) in [5.41, 5.74) is -0.153. The zero-order chi connectivity index (χ0) is 24.4. The van der Waals surface area contributed by atoms with Gasteiger partial charge in [-0.3, -0.25) is 19.6 Å². The van der Waals surface area contributed by atoms with Crippen molar-refractivity contribution in [1.29, 1.82) is 0 Å². The van der Waals surface area contributed by atoms with Gasteiger partial charge in [-0.2, -0.15) is 8.42 Å². The van der Waals surface area contributed by atoms with Crippen molar-refractivity contribution < 1.29 is 18.0 Å². The molecule has 0 fully saturated rings. The molecule has 9 nitrogen and oxygen atoms in total. The molecule has 0 saturated carbocycles. The van der Waals surface area contributed by atoms with Crippen LogP contribution in [0.4, 0.5) is 10.8 Å². The van der Waals surface area contributed by atoms with Crippen LogP contribution in [-0.4, -0.2) is 36.0 Å². The molecule has 2 aromatic carbocycles. The van der Waals surface area contributed by atoms with Crippen molar-refractivity contribution in [3.63, 3.8) is 0 Å². The van der Waals surface area contributed by atoms with E-state index in [1.165, 1.54) is 30.3 Å². The maximum absolute atomic E-state index is 12.8. The number of carbonyl (C=O) groups is 2. The van der Waals surface area contributed by atoms with Crippen LogP contribution < -0.4 is 15.4 Å². The second-order valence-corrected chi connectivity index (χ2v) is 11.5. The van der Waals surface area contributed by atoms with Crippen LogP contribution in [0.5, 0.6) is 0 Å². The number of nitrogens with one attached hydrogen (secondary N) is 3. The van der Waals surface area contributed by atoms with Crippen molar-refractivity contribution in [1.82, 2.24) is 15.5 Å². The van der Waals surface area contributed by atoms with Crippen molar-refractivity contribution in [3.05, 3.63) is 63.6 Å². The Hall–Kier alpha value is -2.73. The van der Waals surface area contributed by atoms with Gasteiger partial charge in [0.2, 0.25) is 5.13 Å². The molecule has 3 rings (SSSR count). The number of hydrogen-bond donors (Lipinski definition) is 3. The molecule has 33 heavy (non-hydrogen) atoms. The average Bonchev–Trinajstić information content (AvgIpc) is 3.16. The first kappa shape index (κ1) is 24.9. The molecule has 1 heterocycles. The second-order valence-electron chi connectivity index (χ2n) is 7.81. The number of carbonyl (C=O) groups excluding carboxylic acids is 2. The number of anilines is 2. The van der Waals surface area contributed by atoms with Crippen LogP contribution in [0.3, 0.4) is 0 Å². The highest BCUT2D eigenvalue weighted by Gasteiger charge is 2.25. The Bertz CT molecular complexity index is 1320. The normalized spacial score (nSPS) is 11.7. The molecule has 0 saturated heterocycles. The van der Waals surface area contributed by atoms with Gasteiger partial charge in [-0.15, -0.1) is 10.2 Å². The van der Waals surface area contributed by atoms with E-state index >= 15 is 0 Å². The minimum atomic E-state index is -4.19. The zero-order valence-electron chi connectivity index (χ0n) is 17.6. The molecule has 13 heteroatoms. The third-order valence-electron chi connectivity index (χ3n) is 3.94. The van der Waals surface area contributed by atoms with Gasteiger partial charge >= 0.3 is 0 Å². The lowest BCUT2D eigenvalue weighted by Crippen LogP contribution is -2.40. The second kappa shape index (κ2) is 9.64. The summed E-state index contributed by atoms with van der Waals surface area (Å²) in [6.45, 7) is 5.43. The van der Waals surface area contributed by atoms with E-state index in [-0.39, 0.29) is 27.0 Å². The number of rotatable bonds is 6. The van der Waals surface area contributed by atoms with Crippen LogP contribution in [-0.2, 0) is 10.0 Å². The third-order valence-corrected chi connectivity index (χ3v) is 7.06. The number of nitrogens with zero attached hydrogens (tertiary/aromatic N) is 2. The monoisotopic (exact) mass is 527 g/mol. The quantitative estimate of drug-likeness (QED) is 0.406. The van der Waals surface area contributed by atoms with E-state index in [0.29, 0.717) is 16.4 Å². The molecular formula is C20H19Cl2N5O4S2. The Kier molecular flexibility index (Phi) is 7.27. The molecule has 0 unspecified atom stereocenters. The Morgan fingerprint density at radius 2 is 1.67 bits per heavy atom. The number of halogens is 2. The summed E-state index contributed by atoms with van der Waals surface area (Å²) in [5, 5.41) is 13.0. The van der Waals surface area contributed by atoms with E-state index < -0.39 is 31.7 Å². The number of amides is 2. The van der Waals surface area contributed by atoms with Crippen molar-refractivity contribution >= 4 is 67.2 Å². The SMILES string of the molecule is CC(C)(C)NC(=O)c1ccccc1NS(=O)(=O)c1nnc(NC(=O)c2ccc(Cl)cc2Cl)s1. The number of hydrogen-bond acceptors (Lipinski definition) is 7. The molecule has 1 aromatic heterocycles. The molecule has 0 aliphatic heterocycles. The van der Waals surface area contributed by atoms with Crippen molar-refractivity contribution in [2.75, 3.05) is 10.0 Å². The minimum absolute atomic E-state index is 0.0508. The van der Waals surface area contributed by atoms with Crippen LogP contribution in [0.2, 0.25) is 10.0 Å². The summed E-state index contributed by atoms with van der Waals surface area (Å²) in [6.07, 6.45) is 0. The van der Waals surface area contributed by atoms with Gasteiger partial charge in [0.15, 0.2) is 0 Å². The van der Waals surface area contributed by atoms with Gasteiger partial charge in [-0.1, -0.05) is 46.7 Å². The van der Waals surface area contributed by atoms with Gasteiger partial charge < -0.3 is 5.32 Å². The number of aromatic nitrogens is 2. The summed E-state index contributed by atoms with van der Waals surface area (Å²) in [4.78, 5) is 25.0. The van der Waals surface area contributed by atoms with E-state index in [1.54, 1.807) is 12.1 Å². The fourth-order valence-electron chi connectivity index (χ4n) is 2.57. The van der Waals surface area contributed by atoms with Crippen molar-refractivity contribution in [2.45, 2.75) is 30.6 Å². The van der Waals surface area contributed by atoms with Gasteiger partial charge in [0.1, 0.15) is 0 Å². The summed E-state index contributed by atoms with van der Waals surface area (Å²) < 4.78 is 27.6. The number of sulfonamides is 1. The molecule has 0 radical (unpaired) electrons. The lowest BCUT2D eigenvalue weighted by Gasteiger charge is -2.21. The third kappa shape index (κ3) is 6.41. The summed E-state index contributed by atoms with van der Waals surface area (Å²) >= 11 is 12.5. The molecule has 3 N–H and O–H groups in total. The molecule has 0 aliphatic carbocycles. The van der Waals surface area contributed by atoms with E-state index in [0.717, 1.165) is 0 Å². The number of benzene rings is 2. The van der Waals surface area contributed by atoms with Crippen molar-refractivity contribution in [3.8, 4) is 0 Å². The van der Waals surface area contributed by atoms with E-state index in [9.17, 15) is 18.0 Å². The highest BCUT2D eigenvalue weighted by molar-refractivity contribution is 7.94. The first-order chi connectivity index (χ1) is 15.4. The molecule has 3 aromatic rings. The van der Waals surface area contributed by atoms with Crippen LogP contribution in [0.25, 0.3) is 0 Å². The highest BCUT2D eigenvalue weighted by atomic mass is 35.5. The van der Waals surface area contributed by atoms with Crippen LogP contribution in [0.15, 0.2) is 46.8 Å². The van der Waals surface area contributed by atoms with E-state index in [1.807, 2.05) is 20.8 Å². The molecule has 174 valence electrons. The fraction of sp³-hybridized carbons (Fsp3) is 0.200. The Morgan fingerprint density at radius 1 is 0.970 bits per heavy atom. The molecule has 2 amide bonds. The van der Waals surface area contributed by atoms with E-state index in [2.05, 4.69) is 25.6 Å². The Morgan fingerprint density at radius 3 is 2.33 bits per heavy atom. The first-order valence-corrected chi connectivity index (χ1v) is 12.5. The first-order valence-electron chi connectivity index (χ1n) is 9.40. The Balaban J connectivity index is 1.79. The maximum atomic E-state index is 12.8. The molecule has 0 aliphatic rings. The number of para-hydroxylation sites is 1. The maximum Gasteiger partial charge on any atom is 0.291 e. The lowest BCUT2D eigenvalue weighted by atomic mass is 10.1. The molecular weight excluding hydrogens is 509 g/mol. The van der Waals surface area contributed by atoms with Gasteiger partial charge in [0.25, 0.3) is 26.2 Å².